The maximum Gasteiger partial charge on any atom is 0.348 e. The van der Waals surface area contributed by atoms with E-state index in [1.54, 1.807) is 37.3 Å². The van der Waals surface area contributed by atoms with E-state index in [1.807, 2.05) is 6.07 Å². The smallest absolute Gasteiger partial charge is 0.348 e. The van der Waals surface area contributed by atoms with Crippen molar-refractivity contribution in [1.82, 2.24) is 4.72 Å². The molecule has 1 aliphatic rings. The first-order chi connectivity index (χ1) is 16.7. The number of ether oxygens (including phenoxy) is 2. The number of thiophene rings is 1. The molecule has 0 spiro atoms. The number of benzene rings is 2. The average molecular weight is 517 g/mol. The molecule has 2 aromatic carbocycles. The van der Waals surface area contributed by atoms with Gasteiger partial charge < -0.3 is 14.8 Å². The second-order valence-corrected chi connectivity index (χ2v) is 11.4. The highest BCUT2D eigenvalue weighted by Gasteiger charge is 2.22. The number of fused-ring (bicyclic) bond motifs is 1. The average Bonchev–Trinajstić information content (AvgIpc) is 3.26. The lowest BCUT2D eigenvalue weighted by atomic mass is 9.96. The molecular formula is C25H28N2O6S2. The first kappa shape index (κ1) is 25.2. The van der Waals surface area contributed by atoms with E-state index in [2.05, 4.69) is 10.0 Å². The summed E-state index contributed by atoms with van der Waals surface area (Å²) < 4.78 is 39.6. The number of hydrogen-bond donors (Lipinski definition) is 2. The van der Waals surface area contributed by atoms with Crippen LogP contribution in [0.2, 0.25) is 0 Å². The van der Waals surface area contributed by atoms with Gasteiger partial charge in [-0.1, -0.05) is 19.3 Å². The molecule has 0 atom stereocenters. The van der Waals surface area contributed by atoms with Crippen LogP contribution in [0.1, 0.15) is 47.3 Å². The molecule has 35 heavy (non-hydrogen) atoms. The van der Waals surface area contributed by atoms with Crippen LogP contribution in [0.4, 0.5) is 5.69 Å². The lowest BCUT2D eigenvalue weighted by molar-refractivity contribution is -0.118. The predicted octanol–water partition coefficient (Wildman–Crippen LogP) is 4.62. The minimum absolute atomic E-state index is 0.0194. The topological polar surface area (TPSA) is 111 Å². The van der Waals surface area contributed by atoms with Gasteiger partial charge in [-0.05, 0) is 73.2 Å². The number of methoxy groups -OCH3 is 1. The highest BCUT2D eigenvalue weighted by molar-refractivity contribution is 7.89. The Hall–Kier alpha value is -2.95. The Morgan fingerprint density at radius 3 is 2.54 bits per heavy atom. The van der Waals surface area contributed by atoms with E-state index in [9.17, 15) is 18.0 Å². The Bertz CT molecular complexity index is 1340. The molecule has 186 valence electrons. The molecule has 1 amide bonds. The van der Waals surface area contributed by atoms with Gasteiger partial charge in [-0.2, -0.15) is 0 Å². The van der Waals surface area contributed by atoms with Gasteiger partial charge in [0.2, 0.25) is 10.0 Å². The third kappa shape index (κ3) is 6.19. The van der Waals surface area contributed by atoms with Crippen LogP contribution in [0.3, 0.4) is 0 Å². The van der Waals surface area contributed by atoms with Crippen molar-refractivity contribution in [3.8, 4) is 5.75 Å². The van der Waals surface area contributed by atoms with Crippen molar-refractivity contribution in [2.45, 2.75) is 50.0 Å². The normalized spacial score (nSPS) is 14.6. The molecular weight excluding hydrogens is 488 g/mol. The van der Waals surface area contributed by atoms with Gasteiger partial charge in [0.1, 0.15) is 10.6 Å². The molecule has 0 saturated heterocycles. The van der Waals surface area contributed by atoms with Gasteiger partial charge in [0.05, 0.1) is 12.0 Å². The third-order valence-corrected chi connectivity index (χ3v) is 8.54. The molecule has 1 heterocycles. The van der Waals surface area contributed by atoms with Crippen molar-refractivity contribution in [1.29, 1.82) is 0 Å². The zero-order valence-corrected chi connectivity index (χ0v) is 21.3. The molecule has 0 bridgehead atoms. The summed E-state index contributed by atoms with van der Waals surface area (Å²) in [6.07, 6.45) is 4.95. The van der Waals surface area contributed by atoms with Crippen molar-refractivity contribution in [3.05, 3.63) is 52.9 Å². The molecule has 10 heteroatoms. The maximum atomic E-state index is 12.7. The van der Waals surface area contributed by atoms with E-state index in [0.717, 1.165) is 42.2 Å². The van der Waals surface area contributed by atoms with Crippen LogP contribution in [-0.4, -0.2) is 40.1 Å². The molecule has 3 aromatic rings. The van der Waals surface area contributed by atoms with Gasteiger partial charge in [0.15, 0.2) is 6.61 Å². The van der Waals surface area contributed by atoms with Crippen LogP contribution >= 0.6 is 11.3 Å². The second kappa shape index (κ2) is 10.8. The number of aryl methyl sites for hydroxylation is 1. The molecule has 8 nitrogen and oxygen atoms in total. The zero-order valence-electron chi connectivity index (χ0n) is 19.6. The Labute approximate surface area is 208 Å². The minimum atomic E-state index is -3.61. The number of carbonyl (C=O) groups is 2. The summed E-state index contributed by atoms with van der Waals surface area (Å²) in [4.78, 5) is 24.8. The van der Waals surface area contributed by atoms with Gasteiger partial charge in [-0.3, -0.25) is 4.79 Å². The molecule has 0 radical (unpaired) electrons. The molecule has 1 saturated carbocycles. The van der Waals surface area contributed by atoms with Crippen molar-refractivity contribution in [2.75, 3.05) is 19.0 Å². The van der Waals surface area contributed by atoms with Gasteiger partial charge >= 0.3 is 5.97 Å². The van der Waals surface area contributed by atoms with Gasteiger partial charge in [0.25, 0.3) is 5.91 Å². The molecule has 1 aliphatic carbocycles. The predicted molar refractivity (Wildman–Crippen MR) is 136 cm³/mol. The number of anilines is 1. The van der Waals surface area contributed by atoms with Crippen LogP contribution in [0.15, 0.2) is 47.4 Å². The Morgan fingerprint density at radius 1 is 1.06 bits per heavy atom. The Kier molecular flexibility index (Phi) is 7.73. The van der Waals surface area contributed by atoms with Gasteiger partial charge in [-0.15, -0.1) is 11.3 Å². The van der Waals surface area contributed by atoms with E-state index in [1.165, 1.54) is 24.5 Å². The number of sulfonamides is 1. The summed E-state index contributed by atoms with van der Waals surface area (Å²) >= 11 is 1.32. The molecule has 1 fully saturated rings. The number of amides is 1. The maximum absolute atomic E-state index is 12.7. The summed E-state index contributed by atoms with van der Waals surface area (Å²) in [6, 6.07) is 11.7. The summed E-state index contributed by atoms with van der Waals surface area (Å²) in [5.74, 6) is -0.320. The first-order valence-corrected chi connectivity index (χ1v) is 13.7. The number of carbonyl (C=O) groups excluding carboxylic acids is 2. The molecule has 0 aliphatic heterocycles. The van der Waals surface area contributed by atoms with Crippen molar-refractivity contribution in [3.63, 3.8) is 0 Å². The lowest BCUT2D eigenvalue weighted by Gasteiger charge is -2.22. The monoisotopic (exact) mass is 516 g/mol. The van der Waals surface area contributed by atoms with E-state index >= 15 is 0 Å². The van der Waals surface area contributed by atoms with Crippen LogP contribution < -0.4 is 14.8 Å². The van der Waals surface area contributed by atoms with Crippen molar-refractivity contribution < 1.29 is 27.5 Å². The van der Waals surface area contributed by atoms with Crippen molar-refractivity contribution in [2.24, 2.45) is 0 Å². The Balaban J connectivity index is 1.36. The fraction of sp³-hybridized carbons (Fsp3) is 0.360. The largest absolute Gasteiger partial charge is 0.483 e. The van der Waals surface area contributed by atoms with Gasteiger partial charge in [0, 0.05) is 16.4 Å². The van der Waals surface area contributed by atoms with Crippen LogP contribution in [0.25, 0.3) is 10.1 Å². The molecule has 1 aromatic heterocycles. The quantitative estimate of drug-likeness (QED) is 0.423. The minimum Gasteiger partial charge on any atom is -0.483 e. The lowest BCUT2D eigenvalue weighted by Crippen LogP contribution is -2.36. The standard InChI is InChI=1S/C25H28N2O6S2/c1-16-12-20(35(30,31)27-18-6-4-3-5-7-18)9-10-21(16)33-15-24(28)26-19-8-11-22-17(13-19)14-23(34-22)25(29)32-2/h8-14,18,27H,3-7,15H2,1-2H3,(H,26,28). The van der Waals surface area contributed by atoms with E-state index in [4.69, 9.17) is 9.47 Å². The van der Waals surface area contributed by atoms with Gasteiger partial charge in [-0.25, -0.2) is 17.9 Å². The number of hydrogen-bond acceptors (Lipinski definition) is 7. The fourth-order valence-corrected chi connectivity index (χ4v) is 6.47. The van der Waals surface area contributed by atoms with E-state index in [0.29, 0.717) is 21.9 Å². The number of esters is 1. The second-order valence-electron chi connectivity index (χ2n) is 8.58. The summed E-state index contributed by atoms with van der Waals surface area (Å²) in [7, 11) is -2.27. The SMILES string of the molecule is COC(=O)c1cc2cc(NC(=O)COc3ccc(S(=O)(=O)NC4CCCCC4)cc3C)ccc2s1. The number of nitrogens with one attached hydrogen (secondary N) is 2. The van der Waals surface area contributed by atoms with Crippen LogP contribution in [0.5, 0.6) is 5.75 Å². The third-order valence-electron chi connectivity index (χ3n) is 5.93. The summed E-state index contributed by atoms with van der Waals surface area (Å²) in [6.45, 7) is 1.51. The fourth-order valence-electron chi connectivity index (χ4n) is 4.12. The van der Waals surface area contributed by atoms with Crippen molar-refractivity contribution >= 4 is 49.0 Å². The summed E-state index contributed by atoms with van der Waals surface area (Å²) in [5.41, 5.74) is 1.20. The highest BCUT2D eigenvalue weighted by Crippen LogP contribution is 2.29. The summed E-state index contributed by atoms with van der Waals surface area (Å²) in [5, 5.41) is 3.60. The Morgan fingerprint density at radius 2 is 1.83 bits per heavy atom. The van der Waals surface area contributed by atoms with E-state index in [-0.39, 0.29) is 23.5 Å². The zero-order chi connectivity index (χ0) is 25.0. The molecule has 4 rings (SSSR count). The molecule has 2 N–H and O–H groups in total. The van der Waals surface area contributed by atoms with E-state index < -0.39 is 16.0 Å². The first-order valence-electron chi connectivity index (χ1n) is 11.4. The highest BCUT2D eigenvalue weighted by atomic mass is 32.2. The van der Waals surface area contributed by atoms with Crippen LogP contribution in [-0.2, 0) is 19.6 Å². The van der Waals surface area contributed by atoms with Crippen LogP contribution in [0, 0.1) is 6.92 Å². The number of rotatable bonds is 8. The molecule has 0 unspecified atom stereocenters.